The van der Waals surface area contributed by atoms with Crippen LogP contribution in [0.1, 0.15) is 12.5 Å². The second-order valence-electron chi connectivity index (χ2n) is 3.71. The molecule has 14 heavy (non-hydrogen) atoms. The zero-order chi connectivity index (χ0) is 10.3. The van der Waals surface area contributed by atoms with E-state index >= 15 is 0 Å². The minimum absolute atomic E-state index is 0.113. The van der Waals surface area contributed by atoms with Crippen molar-refractivity contribution in [2.75, 3.05) is 11.9 Å². The summed E-state index contributed by atoms with van der Waals surface area (Å²) in [6.07, 6.45) is 0.580. The third kappa shape index (κ3) is 1.35. The molecule has 1 aromatic carbocycles. The summed E-state index contributed by atoms with van der Waals surface area (Å²) in [6, 6.07) is 1.07. The van der Waals surface area contributed by atoms with Crippen LogP contribution in [-0.4, -0.2) is 6.54 Å². The van der Waals surface area contributed by atoms with Gasteiger partial charge in [0.25, 0.3) is 0 Å². The number of nitrogens with one attached hydrogen (secondary N) is 1. The van der Waals surface area contributed by atoms with Gasteiger partial charge in [-0.05, 0) is 24.0 Å². The van der Waals surface area contributed by atoms with E-state index < -0.39 is 17.5 Å². The van der Waals surface area contributed by atoms with Crippen molar-refractivity contribution in [3.8, 4) is 0 Å². The minimum Gasteiger partial charge on any atom is -0.382 e. The fourth-order valence-electron chi connectivity index (χ4n) is 1.72. The molecule has 4 heteroatoms. The molecule has 1 nitrogen and oxygen atoms in total. The Hall–Kier alpha value is -1.19. The Morgan fingerprint density at radius 3 is 2.71 bits per heavy atom. The Morgan fingerprint density at radius 1 is 1.29 bits per heavy atom. The normalized spacial score (nSPS) is 20.1. The van der Waals surface area contributed by atoms with E-state index in [9.17, 15) is 13.2 Å². The Bertz CT molecular complexity index is 376. The van der Waals surface area contributed by atoms with E-state index in [1.165, 1.54) is 0 Å². The summed E-state index contributed by atoms with van der Waals surface area (Å²) in [7, 11) is 0. The molecular formula is C10H10F3N. The van der Waals surface area contributed by atoms with Crippen molar-refractivity contribution >= 4 is 5.69 Å². The van der Waals surface area contributed by atoms with Crippen molar-refractivity contribution in [1.82, 2.24) is 0 Å². The molecule has 1 unspecified atom stereocenters. The number of hydrogen-bond acceptors (Lipinski definition) is 1. The van der Waals surface area contributed by atoms with Gasteiger partial charge in [-0.3, -0.25) is 0 Å². The molecule has 0 amide bonds. The van der Waals surface area contributed by atoms with Crippen LogP contribution in [0.3, 0.4) is 0 Å². The first-order chi connectivity index (χ1) is 6.59. The maximum atomic E-state index is 13.2. The highest BCUT2D eigenvalue weighted by Crippen LogP contribution is 2.30. The number of anilines is 1. The van der Waals surface area contributed by atoms with Gasteiger partial charge in [0.2, 0.25) is 0 Å². The van der Waals surface area contributed by atoms with Crippen LogP contribution in [0.15, 0.2) is 6.07 Å². The lowest BCUT2D eigenvalue weighted by Gasteiger charge is -2.23. The Kier molecular flexibility index (Phi) is 2.13. The standard InChI is InChI=1S/C10H10F3N/c1-5-2-6-3-7(11)8(12)9(13)10(6)14-4-5/h3,5,14H,2,4H2,1H3. The van der Waals surface area contributed by atoms with E-state index in [0.29, 0.717) is 24.4 Å². The average molecular weight is 201 g/mol. The second-order valence-corrected chi connectivity index (χ2v) is 3.71. The van der Waals surface area contributed by atoms with Crippen LogP contribution < -0.4 is 5.32 Å². The largest absolute Gasteiger partial charge is 0.382 e. The monoisotopic (exact) mass is 201 g/mol. The summed E-state index contributed by atoms with van der Waals surface area (Å²) < 4.78 is 38.9. The molecule has 0 radical (unpaired) electrons. The summed E-state index contributed by atoms with van der Waals surface area (Å²) in [5, 5.41) is 2.77. The van der Waals surface area contributed by atoms with Crippen molar-refractivity contribution in [2.45, 2.75) is 13.3 Å². The van der Waals surface area contributed by atoms with Gasteiger partial charge in [0.05, 0.1) is 5.69 Å². The quantitative estimate of drug-likeness (QED) is 0.636. The molecule has 1 aromatic rings. The summed E-state index contributed by atoms with van der Waals surface area (Å²) in [6.45, 7) is 2.56. The highest BCUT2D eigenvalue weighted by molar-refractivity contribution is 5.55. The molecule has 1 aliphatic heterocycles. The molecule has 0 bridgehead atoms. The van der Waals surface area contributed by atoms with Crippen LogP contribution in [0.2, 0.25) is 0 Å². The van der Waals surface area contributed by atoms with Crippen LogP contribution in [0.25, 0.3) is 0 Å². The van der Waals surface area contributed by atoms with E-state index in [4.69, 9.17) is 0 Å². The summed E-state index contributed by atoms with van der Waals surface area (Å²) in [4.78, 5) is 0. The molecule has 2 rings (SSSR count). The van der Waals surface area contributed by atoms with E-state index in [-0.39, 0.29) is 5.69 Å². The van der Waals surface area contributed by atoms with Crippen molar-refractivity contribution < 1.29 is 13.2 Å². The second kappa shape index (κ2) is 3.19. The van der Waals surface area contributed by atoms with Gasteiger partial charge in [-0.15, -0.1) is 0 Å². The predicted octanol–water partition coefficient (Wildman–Crippen LogP) is 2.71. The van der Waals surface area contributed by atoms with Crippen LogP contribution in [0.5, 0.6) is 0 Å². The smallest absolute Gasteiger partial charge is 0.196 e. The van der Waals surface area contributed by atoms with Crippen LogP contribution >= 0.6 is 0 Å². The number of benzene rings is 1. The molecule has 0 fully saturated rings. The summed E-state index contributed by atoms with van der Waals surface area (Å²) in [5.74, 6) is -3.30. The highest BCUT2D eigenvalue weighted by Gasteiger charge is 2.23. The molecule has 1 heterocycles. The summed E-state index contributed by atoms with van der Waals surface area (Å²) in [5.41, 5.74) is 0.627. The van der Waals surface area contributed by atoms with E-state index in [1.807, 2.05) is 6.92 Å². The molecule has 0 saturated heterocycles. The first-order valence-electron chi connectivity index (χ1n) is 4.50. The Morgan fingerprint density at radius 2 is 2.00 bits per heavy atom. The van der Waals surface area contributed by atoms with Gasteiger partial charge in [-0.25, -0.2) is 13.2 Å². The lowest BCUT2D eigenvalue weighted by Crippen LogP contribution is -2.22. The number of fused-ring (bicyclic) bond motifs is 1. The SMILES string of the molecule is CC1CNc2c(cc(F)c(F)c2F)C1. The van der Waals surface area contributed by atoms with Crippen LogP contribution in [0, 0.1) is 23.4 Å². The van der Waals surface area contributed by atoms with Crippen LogP contribution in [0.4, 0.5) is 18.9 Å². The maximum absolute atomic E-state index is 13.2. The minimum atomic E-state index is -1.40. The fraction of sp³-hybridized carbons (Fsp3) is 0.400. The van der Waals surface area contributed by atoms with Gasteiger partial charge in [0, 0.05) is 6.54 Å². The van der Waals surface area contributed by atoms with Crippen molar-refractivity contribution in [2.24, 2.45) is 5.92 Å². The molecule has 1 atom stereocenters. The lowest BCUT2D eigenvalue weighted by molar-refractivity contribution is 0.442. The zero-order valence-electron chi connectivity index (χ0n) is 7.70. The zero-order valence-corrected chi connectivity index (χ0v) is 7.70. The van der Waals surface area contributed by atoms with Gasteiger partial charge in [-0.2, -0.15) is 0 Å². The Balaban J connectivity index is 2.54. The Labute approximate surface area is 79.9 Å². The van der Waals surface area contributed by atoms with E-state index in [1.54, 1.807) is 0 Å². The van der Waals surface area contributed by atoms with Gasteiger partial charge < -0.3 is 5.32 Å². The first kappa shape index (κ1) is 9.37. The molecule has 1 N–H and O–H groups in total. The molecule has 1 aliphatic rings. The molecular weight excluding hydrogens is 191 g/mol. The third-order valence-corrected chi connectivity index (χ3v) is 2.44. The lowest BCUT2D eigenvalue weighted by atomic mass is 9.95. The van der Waals surface area contributed by atoms with Gasteiger partial charge >= 0.3 is 0 Å². The number of halogens is 3. The topological polar surface area (TPSA) is 12.0 Å². The van der Waals surface area contributed by atoms with E-state index in [2.05, 4.69) is 5.32 Å². The van der Waals surface area contributed by atoms with Crippen molar-refractivity contribution in [3.05, 3.63) is 29.1 Å². The first-order valence-corrected chi connectivity index (χ1v) is 4.50. The molecule has 0 aromatic heterocycles. The summed E-state index contributed by atoms with van der Waals surface area (Å²) >= 11 is 0. The fourth-order valence-corrected chi connectivity index (χ4v) is 1.72. The van der Waals surface area contributed by atoms with Crippen molar-refractivity contribution in [1.29, 1.82) is 0 Å². The molecule has 0 aliphatic carbocycles. The molecule has 0 saturated carbocycles. The van der Waals surface area contributed by atoms with Crippen LogP contribution in [-0.2, 0) is 6.42 Å². The predicted molar refractivity (Wildman–Crippen MR) is 47.7 cm³/mol. The average Bonchev–Trinajstić information content (AvgIpc) is 2.14. The highest BCUT2D eigenvalue weighted by atomic mass is 19.2. The van der Waals surface area contributed by atoms with E-state index in [0.717, 1.165) is 6.07 Å². The van der Waals surface area contributed by atoms with Gasteiger partial charge in [0.15, 0.2) is 17.5 Å². The van der Waals surface area contributed by atoms with Gasteiger partial charge in [-0.1, -0.05) is 6.92 Å². The number of rotatable bonds is 0. The molecule has 0 spiro atoms. The van der Waals surface area contributed by atoms with Gasteiger partial charge in [0.1, 0.15) is 0 Å². The van der Waals surface area contributed by atoms with Crippen molar-refractivity contribution in [3.63, 3.8) is 0 Å². The number of hydrogen-bond donors (Lipinski definition) is 1. The maximum Gasteiger partial charge on any atom is 0.196 e. The third-order valence-electron chi connectivity index (χ3n) is 2.44. The molecule has 76 valence electrons.